The van der Waals surface area contributed by atoms with Crippen LogP contribution in [0.5, 0.6) is 0 Å². The number of nitrogens with zero attached hydrogens (tertiary/aromatic N) is 2. The first-order valence-electron chi connectivity index (χ1n) is 6.71. The van der Waals surface area contributed by atoms with Gasteiger partial charge in [0.05, 0.1) is 11.4 Å². The predicted molar refractivity (Wildman–Crippen MR) is 90.5 cm³/mol. The maximum atomic E-state index is 13.0. The summed E-state index contributed by atoms with van der Waals surface area (Å²) in [5, 5.41) is 4.42. The molecule has 0 aliphatic carbocycles. The first kappa shape index (κ1) is 15.7. The molecule has 2 heterocycles. The molecule has 2 aromatic heterocycles. The SMILES string of the molecule is O=C(CSCc1cc(=O)n2ccsc2n1)Nc1cccc(F)c1. The highest BCUT2D eigenvalue weighted by Crippen LogP contribution is 2.14. The minimum Gasteiger partial charge on any atom is -0.325 e. The summed E-state index contributed by atoms with van der Waals surface area (Å²) < 4.78 is 14.5. The van der Waals surface area contributed by atoms with Crippen molar-refractivity contribution in [2.24, 2.45) is 0 Å². The summed E-state index contributed by atoms with van der Waals surface area (Å²) in [5.74, 6) is 0.0290. The van der Waals surface area contributed by atoms with Crippen LogP contribution in [0.1, 0.15) is 5.69 Å². The van der Waals surface area contributed by atoms with Crippen LogP contribution in [0.15, 0.2) is 46.7 Å². The molecule has 23 heavy (non-hydrogen) atoms. The van der Waals surface area contributed by atoms with Crippen LogP contribution in [0.2, 0.25) is 0 Å². The summed E-state index contributed by atoms with van der Waals surface area (Å²) in [6, 6.07) is 7.20. The number of thiazole rings is 1. The van der Waals surface area contributed by atoms with Gasteiger partial charge in [-0.15, -0.1) is 23.1 Å². The molecule has 5 nitrogen and oxygen atoms in total. The van der Waals surface area contributed by atoms with Gasteiger partial charge in [-0.3, -0.25) is 14.0 Å². The van der Waals surface area contributed by atoms with E-state index in [1.165, 1.54) is 51.8 Å². The van der Waals surface area contributed by atoms with E-state index in [1.54, 1.807) is 17.6 Å². The van der Waals surface area contributed by atoms with Crippen molar-refractivity contribution in [3.63, 3.8) is 0 Å². The van der Waals surface area contributed by atoms with Crippen molar-refractivity contribution in [3.05, 3.63) is 63.8 Å². The molecule has 0 fully saturated rings. The van der Waals surface area contributed by atoms with Gasteiger partial charge in [0.25, 0.3) is 5.56 Å². The Bertz CT molecular complexity index is 907. The van der Waals surface area contributed by atoms with E-state index in [4.69, 9.17) is 0 Å². The standard InChI is InChI=1S/C15H12FN3O2S2/c16-10-2-1-3-11(6-10)17-13(20)9-22-8-12-7-14(21)19-4-5-23-15(19)18-12/h1-7H,8-9H2,(H,17,20). The maximum Gasteiger partial charge on any atom is 0.258 e. The summed E-state index contributed by atoms with van der Waals surface area (Å²) in [6.45, 7) is 0. The van der Waals surface area contributed by atoms with Gasteiger partial charge < -0.3 is 5.32 Å². The molecule has 0 unspecified atom stereocenters. The summed E-state index contributed by atoms with van der Waals surface area (Å²) in [6.07, 6.45) is 1.68. The lowest BCUT2D eigenvalue weighted by Crippen LogP contribution is -2.15. The average molecular weight is 349 g/mol. The van der Waals surface area contributed by atoms with Crippen molar-refractivity contribution in [3.8, 4) is 0 Å². The number of aromatic nitrogens is 2. The van der Waals surface area contributed by atoms with Crippen LogP contribution in [0.4, 0.5) is 10.1 Å². The third-order valence-electron chi connectivity index (χ3n) is 2.95. The number of hydrogen-bond donors (Lipinski definition) is 1. The number of rotatable bonds is 5. The topological polar surface area (TPSA) is 63.5 Å². The number of nitrogens with one attached hydrogen (secondary N) is 1. The Morgan fingerprint density at radius 2 is 2.26 bits per heavy atom. The molecule has 0 atom stereocenters. The van der Waals surface area contributed by atoms with Crippen LogP contribution in [0, 0.1) is 5.82 Å². The smallest absolute Gasteiger partial charge is 0.258 e. The maximum absolute atomic E-state index is 13.0. The monoisotopic (exact) mass is 349 g/mol. The van der Waals surface area contributed by atoms with E-state index in [0.29, 0.717) is 22.1 Å². The Morgan fingerprint density at radius 1 is 1.39 bits per heavy atom. The highest BCUT2D eigenvalue weighted by molar-refractivity contribution is 7.99. The Kier molecular flexibility index (Phi) is 4.73. The number of carbonyl (C=O) groups is 1. The van der Waals surface area contributed by atoms with Crippen molar-refractivity contribution in [2.45, 2.75) is 5.75 Å². The van der Waals surface area contributed by atoms with Gasteiger partial charge in [-0.25, -0.2) is 9.37 Å². The first-order chi connectivity index (χ1) is 11.1. The average Bonchev–Trinajstić information content (AvgIpc) is 2.96. The van der Waals surface area contributed by atoms with Crippen molar-refractivity contribution >= 4 is 39.7 Å². The molecule has 0 aliphatic heterocycles. The molecule has 3 aromatic rings. The lowest BCUT2D eigenvalue weighted by molar-refractivity contribution is -0.113. The fourth-order valence-electron chi connectivity index (χ4n) is 1.97. The zero-order chi connectivity index (χ0) is 16.2. The van der Waals surface area contributed by atoms with Crippen LogP contribution in [0.25, 0.3) is 4.96 Å². The van der Waals surface area contributed by atoms with E-state index in [9.17, 15) is 14.0 Å². The van der Waals surface area contributed by atoms with Crippen LogP contribution < -0.4 is 10.9 Å². The number of amides is 1. The Balaban J connectivity index is 1.56. The van der Waals surface area contributed by atoms with Gasteiger partial charge in [-0.2, -0.15) is 0 Å². The van der Waals surface area contributed by atoms with Crippen LogP contribution in [-0.2, 0) is 10.5 Å². The van der Waals surface area contributed by atoms with E-state index >= 15 is 0 Å². The second-order valence-corrected chi connectivity index (χ2v) is 6.55. The third kappa shape index (κ3) is 3.96. The van der Waals surface area contributed by atoms with Crippen molar-refractivity contribution in [1.82, 2.24) is 9.38 Å². The molecule has 118 valence electrons. The molecule has 8 heteroatoms. The fraction of sp³-hybridized carbons (Fsp3) is 0.133. The molecule has 1 N–H and O–H groups in total. The molecule has 0 bridgehead atoms. The number of fused-ring (bicyclic) bond motifs is 1. The lowest BCUT2D eigenvalue weighted by atomic mass is 10.3. The predicted octanol–water partition coefficient (Wildman–Crippen LogP) is 2.77. The van der Waals surface area contributed by atoms with Gasteiger partial charge in [-0.05, 0) is 18.2 Å². The van der Waals surface area contributed by atoms with E-state index in [0.717, 1.165) is 0 Å². The Morgan fingerprint density at radius 3 is 3.09 bits per heavy atom. The molecule has 0 saturated carbocycles. The van der Waals surface area contributed by atoms with E-state index in [2.05, 4.69) is 10.3 Å². The lowest BCUT2D eigenvalue weighted by Gasteiger charge is -2.05. The zero-order valence-corrected chi connectivity index (χ0v) is 13.5. The number of thioether (sulfide) groups is 1. The van der Waals surface area contributed by atoms with Gasteiger partial charge in [-0.1, -0.05) is 6.07 Å². The largest absolute Gasteiger partial charge is 0.325 e. The zero-order valence-electron chi connectivity index (χ0n) is 11.9. The quantitative estimate of drug-likeness (QED) is 0.769. The van der Waals surface area contributed by atoms with E-state index < -0.39 is 5.82 Å². The molecular formula is C15H12FN3O2S2. The molecule has 0 saturated heterocycles. The van der Waals surface area contributed by atoms with Gasteiger partial charge in [0, 0.05) is 29.1 Å². The molecule has 1 amide bonds. The summed E-state index contributed by atoms with van der Waals surface area (Å²) in [5.41, 5.74) is 0.934. The van der Waals surface area contributed by atoms with Gasteiger partial charge >= 0.3 is 0 Å². The number of carbonyl (C=O) groups excluding carboxylic acids is 1. The molecule has 0 aliphatic rings. The van der Waals surface area contributed by atoms with Crippen molar-refractivity contribution in [2.75, 3.05) is 11.1 Å². The summed E-state index contributed by atoms with van der Waals surface area (Å²) >= 11 is 2.73. The number of benzene rings is 1. The highest BCUT2D eigenvalue weighted by Gasteiger charge is 2.06. The van der Waals surface area contributed by atoms with E-state index in [-0.39, 0.29) is 17.2 Å². The van der Waals surface area contributed by atoms with Crippen molar-refractivity contribution in [1.29, 1.82) is 0 Å². The minimum absolute atomic E-state index is 0.129. The van der Waals surface area contributed by atoms with Crippen molar-refractivity contribution < 1.29 is 9.18 Å². The molecule has 0 radical (unpaired) electrons. The van der Waals surface area contributed by atoms with Gasteiger partial charge in [0.15, 0.2) is 4.96 Å². The number of halogens is 1. The molecule has 3 rings (SSSR count). The molecule has 1 aromatic carbocycles. The van der Waals surface area contributed by atoms with Crippen LogP contribution in [0.3, 0.4) is 0 Å². The second kappa shape index (κ2) is 6.93. The van der Waals surface area contributed by atoms with Crippen LogP contribution in [-0.4, -0.2) is 21.0 Å². The Hall–Kier alpha value is -2.19. The minimum atomic E-state index is -0.399. The fourth-order valence-corrected chi connectivity index (χ4v) is 3.43. The molecular weight excluding hydrogens is 337 g/mol. The van der Waals surface area contributed by atoms with Gasteiger partial charge in [0.2, 0.25) is 5.91 Å². The number of hydrogen-bond acceptors (Lipinski definition) is 5. The number of anilines is 1. The summed E-state index contributed by atoms with van der Waals surface area (Å²) in [7, 11) is 0. The highest BCUT2D eigenvalue weighted by atomic mass is 32.2. The third-order valence-corrected chi connectivity index (χ3v) is 4.67. The molecule has 0 spiro atoms. The normalized spacial score (nSPS) is 10.8. The second-order valence-electron chi connectivity index (χ2n) is 4.69. The Labute approximate surface area is 139 Å². The van der Waals surface area contributed by atoms with Crippen LogP contribution >= 0.6 is 23.1 Å². The first-order valence-corrected chi connectivity index (χ1v) is 8.74. The van der Waals surface area contributed by atoms with Gasteiger partial charge in [0.1, 0.15) is 5.82 Å². The summed E-state index contributed by atoms with van der Waals surface area (Å²) in [4.78, 5) is 28.7. The van der Waals surface area contributed by atoms with E-state index in [1.807, 2.05) is 0 Å².